The molecule has 0 aromatic carbocycles. The molecule has 7 nitrogen and oxygen atoms in total. The fraction of sp³-hybridized carbons (Fsp3) is 0.429. The molecule has 0 saturated carbocycles. The van der Waals surface area contributed by atoms with Crippen molar-refractivity contribution < 1.29 is 4.79 Å². The number of aromatic nitrogens is 3. The minimum Gasteiger partial charge on any atom is -0.365 e. The number of carbonyl (C=O) groups excluding carboxylic acids is 1. The number of piperidine rings is 1. The van der Waals surface area contributed by atoms with Crippen molar-refractivity contribution in [2.24, 2.45) is 0 Å². The summed E-state index contributed by atoms with van der Waals surface area (Å²) >= 11 is 1.43. The quantitative estimate of drug-likeness (QED) is 0.886. The molecule has 22 heavy (non-hydrogen) atoms. The van der Waals surface area contributed by atoms with E-state index < -0.39 is 0 Å². The Bertz CT molecular complexity index is 631. The molecule has 8 heteroatoms. The average molecular weight is 318 g/mol. The molecule has 2 aromatic heterocycles. The number of carbonyl (C=O) groups is 1. The van der Waals surface area contributed by atoms with Gasteiger partial charge >= 0.3 is 0 Å². The first-order chi connectivity index (χ1) is 10.8. The van der Waals surface area contributed by atoms with Crippen LogP contribution in [0.2, 0.25) is 0 Å². The summed E-state index contributed by atoms with van der Waals surface area (Å²) in [5, 5.41) is 8.51. The van der Waals surface area contributed by atoms with Crippen LogP contribution in [-0.2, 0) is 0 Å². The Kier molecular flexibility index (Phi) is 4.47. The van der Waals surface area contributed by atoms with Crippen LogP contribution in [-0.4, -0.2) is 47.0 Å². The molecule has 0 radical (unpaired) electrons. The van der Waals surface area contributed by atoms with Crippen LogP contribution >= 0.6 is 11.3 Å². The van der Waals surface area contributed by atoms with Gasteiger partial charge in [0.25, 0.3) is 5.91 Å². The van der Waals surface area contributed by atoms with E-state index in [1.807, 2.05) is 0 Å². The number of rotatable bonds is 4. The van der Waals surface area contributed by atoms with Crippen LogP contribution in [0.25, 0.3) is 0 Å². The van der Waals surface area contributed by atoms with Crippen LogP contribution in [0, 0.1) is 0 Å². The van der Waals surface area contributed by atoms with E-state index in [0.29, 0.717) is 5.69 Å². The molecule has 2 N–H and O–H groups in total. The Morgan fingerprint density at radius 1 is 1.45 bits per heavy atom. The van der Waals surface area contributed by atoms with Crippen LogP contribution in [0.4, 0.5) is 10.9 Å². The maximum Gasteiger partial charge on any atom is 0.271 e. The third kappa shape index (κ3) is 3.33. The van der Waals surface area contributed by atoms with Crippen LogP contribution in [0.3, 0.4) is 0 Å². The summed E-state index contributed by atoms with van der Waals surface area (Å²) in [5.41, 5.74) is 0.464. The molecule has 1 amide bonds. The first-order valence-electron chi connectivity index (χ1n) is 7.21. The summed E-state index contributed by atoms with van der Waals surface area (Å²) in [6.45, 7) is 1.68. The Labute approximate surface area is 132 Å². The van der Waals surface area contributed by atoms with Gasteiger partial charge in [0.1, 0.15) is 11.5 Å². The van der Waals surface area contributed by atoms with E-state index in [9.17, 15) is 4.79 Å². The lowest BCUT2D eigenvalue weighted by Crippen LogP contribution is -2.48. The van der Waals surface area contributed by atoms with Crippen molar-refractivity contribution in [2.45, 2.75) is 18.9 Å². The van der Waals surface area contributed by atoms with Gasteiger partial charge in [-0.1, -0.05) is 0 Å². The molecule has 0 spiro atoms. The van der Waals surface area contributed by atoms with Crippen molar-refractivity contribution >= 4 is 28.2 Å². The molecule has 1 saturated heterocycles. The maximum atomic E-state index is 12.2. The fourth-order valence-electron chi connectivity index (χ4n) is 2.51. The van der Waals surface area contributed by atoms with Crippen LogP contribution in [0.15, 0.2) is 24.0 Å². The Hall–Kier alpha value is -2.22. The molecule has 0 bridgehead atoms. The molecule has 116 valence electrons. The monoisotopic (exact) mass is 318 g/mol. The lowest BCUT2D eigenvalue weighted by Gasteiger charge is -2.33. The van der Waals surface area contributed by atoms with Gasteiger partial charge in [0.2, 0.25) is 0 Å². The summed E-state index contributed by atoms with van der Waals surface area (Å²) in [6, 6.07) is 0.1000. The van der Waals surface area contributed by atoms with Gasteiger partial charge < -0.3 is 15.5 Å². The molecule has 1 aliphatic rings. The highest BCUT2D eigenvalue weighted by Crippen LogP contribution is 2.18. The van der Waals surface area contributed by atoms with E-state index >= 15 is 0 Å². The van der Waals surface area contributed by atoms with Crippen LogP contribution < -0.4 is 15.5 Å². The first-order valence-corrected chi connectivity index (χ1v) is 8.09. The van der Waals surface area contributed by atoms with Gasteiger partial charge in [0.05, 0.1) is 6.20 Å². The molecule has 3 heterocycles. The van der Waals surface area contributed by atoms with Crippen molar-refractivity contribution in [2.75, 3.05) is 30.4 Å². The van der Waals surface area contributed by atoms with E-state index in [4.69, 9.17) is 0 Å². The first kappa shape index (κ1) is 14.7. The van der Waals surface area contributed by atoms with Gasteiger partial charge in [-0.3, -0.25) is 9.78 Å². The number of nitrogens with one attached hydrogen (secondary N) is 2. The zero-order valence-corrected chi connectivity index (χ0v) is 13.1. The molecule has 0 aliphatic carbocycles. The molecule has 1 atom stereocenters. The molecule has 3 rings (SSSR count). The second kappa shape index (κ2) is 6.69. The third-order valence-electron chi connectivity index (χ3n) is 3.58. The van der Waals surface area contributed by atoms with Crippen molar-refractivity contribution in [1.29, 1.82) is 0 Å². The van der Waals surface area contributed by atoms with E-state index in [1.165, 1.54) is 11.3 Å². The number of nitrogens with zero attached hydrogens (tertiary/aromatic N) is 4. The largest absolute Gasteiger partial charge is 0.365 e. The van der Waals surface area contributed by atoms with Crippen molar-refractivity contribution in [3.63, 3.8) is 0 Å². The highest BCUT2D eigenvalue weighted by Gasteiger charge is 2.23. The SMILES string of the molecule is CNc1nc(C(=O)N[C@H]2CCCN(c3cnccn3)C2)cs1. The molecule has 2 aromatic rings. The van der Waals surface area contributed by atoms with Gasteiger partial charge in [0.15, 0.2) is 5.13 Å². The topological polar surface area (TPSA) is 83.0 Å². The van der Waals surface area contributed by atoms with Gasteiger partial charge in [-0.05, 0) is 12.8 Å². The standard InChI is InChI=1S/C14H18N6OS/c1-15-14-19-11(9-22-14)13(21)18-10-3-2-6-20(8-10)12-7-16-4-5-17-12/h4-5,7,9-10H,2-3,6,8H2,1H3,(H,15,19)(H,18,21)/t10-/m0/s1. The smallest absolute Gasteiger partial charge is 0.271 e. The number of hydrogen-bond donors (Lipinski definition) is 2. The molecule has 1 aliphatic heterocycles. The number of thiazole rings is 1. The van der Waals surface area contributed by atoms with Crippen LogP contribution in [0.1, 0.15) is 23.3 Å². The average Bonchev–Trinajstić information content (AvgIpc) is 3.05. The van der Waals surface area contributed by atoms with E-state index in [2.05, 4.69) is 30.5 Å². The lowest BCUT2D eigenvalue weighted by atomic mass is 10.1. The predicted octanol–water partition coefficient (Wildman–Crippen LogP) is 1.37. The summed E-state index contributed by atoms with van der Waals surface area (Å²) in [4.78, 5) is 27.0. The van der Waals surface area contributed by atoms with Gasteiger partial charge in [-0.15, -0.1) is 11.3 Å². The number of anilines is 2. The van der Waals surface area contributed by atoms with Gasteiger partial charge in [0, 0.05) is 44.0 Å². The predicted molar refractivity (Wildman–Crippen MR) is 86.4 cm³/mol. The van der Waals surface area contributed by atoms with Crippen molar-refractivity contribution in [3.05, 3.63) is 29.7 Å². The van der Waals surface area contributed by atoms with Crippen molar-refractivity contribution in [3.8, 4) is 0 Å². The van der Waals surface area contributed by atoms with E-state index in [1.54, 1.807) is 31.0 Å². The van der Waals surface area contributed by atoms with Crippen molar-refractivity contribution in [1.82, 2.24) is 20.3 Å². The zero-order chi connectivity index (χ0) is 15.4. The summed E-state index contributed by atoms with van der Waals surface area (Å²) < 4.78 is 0. The normalized spacial score (nSPS) is 18.0. The minimum atomic E-state index is -0.122. The van der Waals surface area contributed by atoms with E-state index in [-0.39, 0.29) is 11.9 Å². The molecular weight excluding hydrogens is 300 g/mol. The second-order valence-corrected chi connectivity index (χ2v) is 5.97. The maximum absolute atomic E-state index is 12.2. The molecular formula is C14H18N6OS. The minimum absolute atomic E-state index is 0.1000. The summed E-state index contributed by atoms with van der Waals surface area (Å²) in [6.07, 6.45) is 7.08. The highest BCUT2D eigenvalue weighted by molar-refractivity contribution is 7.13. The summed E-state index contributed by atoms with van der Waals surface area (Å²) in [5.74, 6) is 0.733. The number of hydrogen-bond acceptors (Lipinski definition) is 7. The summed E-state index contributed by atoms with van der Waals surface area (Å²) in [7, 11) is 1.79. The third-order valence-corrected chi connectivity index (χ3v) is 4.44. The molecule has 1 fully saturated rings. The fourth-order valence-corrected chi connectivity index (χ4v) is 3.16. The lowest BCUT2D eigenvalue weighted by molar-refractivity contribution is 0.0929. The van der Waals surface area contributed by atoms with Gasteiger partial charge in [-0.25, -0.2) is 9.97 Å². The highest BCUT2D eigenvalue weighted by atomic mass is 32.1. The number of amides is 1. The zero-order valence-electron chi connectivity index (χ0n) is 12.3. The second-order valence-electron chi connectivity index (χ2n) is 5.11. The van der Waals surface area contributed by atoms with E-state index in [0.717, 1.165) is 36.9 Å². The Balaban J connectivity index is 1.61. The molecule has 0 unspecified atom stereocenters. The van der Waals surface area contributed by atoms with Gasteiger partial charge in [-0.2, -0.15) is 0 Å². The van der Waals surface area contributed by atoms with Crippen LogP contribution in [0.5, 0.6) is 0 Å². The Morgan fingerprint density at radius 3 is 3.09 bits per heavy atom. The Morgan fingerprint density at radius 2 is 2.36 bits per heavy atom.